The highest BCUT2D eigenvalue weighted by Gasteiger charge is 2.26. The van der Waals surface area contributed by atoms with Crippen LogP contribution < -0.4 is 0 Å². The van der Waals surface area contributed by atoms with Crippen molar-refractivity contribution in [1.29, 1.82) is 0 Å². The van der Waals surface area contributed by atoms with Crippen molar-refractivity contribution in [2.45, 2.75) is 138 Å². The minimum atomic E-state index is -0.686. The van der Waals surface area contributed by atoms with Crippen LogP contribution in [-0.4, -0.2) is 11.1 Å². The first-order valence-corrected chi connectivity index (χ1v) is 16.1. The molecule has 0 radical (unpaired) electrons. The number of carbonyl (C=O) groups is 1. The normalized spacial score (nSPS) is 17.8. The quantitative estimate of drug-likeness (QED) is 0.0933. The van der Waals surface area contributed by atoms with Crippen molar-refractivity contribution in [2.24, 2.45) is 11.3 Å². The Bertz CT molecular complexity index is 933. The molecule has 2 nitrogen and oxygen atoms in total. The molecule has 40 heavy (non-hydrogen) atoms. The van der Waals surface area contributed by atoms with Crippen LogP contribution >= 0.6 is 0 Å². The molecular weight excluding hydrogens is 488 g/mol. The van der Waals surface area contributed by atoms with E-state index in [0.717, 1.165) is 32.1 Å². The fourth-order valence-electron chi connectivity index (χ4n) is 5.49. The van der Waals surface area contributed by atoms with Crippen LogP contribution in [0.25, 0.3) is 0 Å². The highest BCUT2D eigenvalue weighted by molar-refractivity contribution is 5.67. The van der Waals surface area contributed by atoms with Crippen LogP contribution in [0.15, 0.2) is 83.1 Å². The van der Waals surface area contributed by atoms with Crippen molar-refractivity contribution in [2.75, 3.05) is 0 Å². The molecular formula is C38H60O2. The van der Waals surface area contributed by atoms with Gasteiger partial charge in [0.15, 0.2) is 0 Å². The van der Waals surface area contributed by atoms with Crippen molar-refractivity contribution < 1.29 is 9.90 Å². The number of rotatable bonds is 20. The van der Waals surface area contributed by atoms with E-state index in [1.54, 1.807) is 0 Å². The van der Waals surface area contributed by atoms with Crippen molar-refractivity contribution in [1.82, 2.24) is 0 Å². The monoisotopic (exact) mass is 548 g/mol. The molecule has 1 rings (SSSR count). The predicted octanol–water partition coefficient (Wildman–Crippen LogP) is 12.0. The number of allylic oxidation sites excluding steroid dienone is 14. The van der Waals surface area contributed by atoms with E-state index >= 15 is 0 Å². The zero-order chi connectivity index (χ0) is 29.6. The SMILES string of the molecule is CCCCCC=CCC=CCCCCCC(CC=C(C)C=CC=C(C)C=CC1=C(C)CCCC1(C)C)CC(=O)O. The molecule has 0 fully saturated rings. The molecule has 1 atom stereocenters. The zero-order valence-corrected chi connectivity index (χ0v) is 26.8. The number of unbranched alkanes of at least 4 members (excludes halogenated alkanes) is 6. The Morgan fingerprint density at radius 2 is 1.65 bits per heavy atom. The van der Waals surface area contributed by atoms with Crippen molar-refractivity contribution in [3.8, 4) is 0 Å². The minimum Gasteiger partial charge on any atom is -0.481 e. The molecule has 1 unspecified atom stereocenters. The molecule has 0 bridgehead atoms. The largest absolute Gasteiger partial charge is 0.481 e. The van der Waals surface area contributed by atoms with Gasteiger partial charge in [0.1, 0.15) is 0 Å². The van der Waals surface area contributed by atoms with Gasteiger partial charge in [0.05, 0.1) is 0 Å². The summed E-state index contributed by atoms with van der Waals surface area (Å²) in [6, 6.07) is 0. The Balaban J connectivity index is 2.42. The minimum absolute atomic E-state index is 0.213. The van der Waals surface area contributed by atoms with Crippen LogP contribution in [0.5, 0.6) is 0 Å². The molecule has 0 aromatic heterocycles. The van der Waals surface area contributed by atoms with E-state index in [2.05, 4.69) is 102 Å². The molecule has 0 aliphatic heterocycles. The van der Waals surface area contributed by atoms with Crippen molar-refractivity contribution >= 4 is 5.97 Å². The average molecular weight is 549 g/mol. The number of hydrogen-bond acceptors (Lipinski definition) is 1. The van der Waals surface area contributed by atoms with Crippen molar-refractivity contribution in [3.05, 3.63) is 83.1 Å². The summed E-state index contributed by atoms with van der Waals surface area (Å²) in [4.78, 5) is 11.4. The zero-order valence-electron chi connectivity index (χ0n) is 26.8. The predicted molar refractivity (Wildman–Crippen MR) is 177 cm³/mol. The molecule has 0 aromatic carbocycles. The lowest BCUT2D eigenvalue weighted by Crippen LogP contribution is -2.19. The molecule has 0 saturated carbocycles. The van der Waals surface area contributed by atoms with Crippen LogP contribution in [0.4, 0.5) is 0 Å². The van der Waals surface area contributed by atoms with E-state index in [9.17, 15) is 9.90 Å². The molecule has 0 saturated heterocycles. The van der Waals surface area contributed by atoms with Gasteiger partial charge in [-0.3, -0.25) is 4.79 Å². The average Bonchev–Trinajstić information content (AvgIpc) is 2.88. The molecule has 1 N–H and O–H groups in total. The van der Waals surface area contributed by atoms with Crippen LogP contribution in [0.2, 0.25) is 0 Å². The van der Waals surface area contributed by atoms with Gasteiger partial charge in [-0.05, 0) is 102 Å². The van der Waals surface area contributed by atoms with Gasteiger partial charge in [0, 0.05) is 6.42 Å². The number of hydrogen-bond donors (Lipinski definition) is 1. The molecule has 224 valence electrons. The van der Waals surface area contributed by atoms with Crippen LogP contribution in [0.3, 0.4) is 0 Å². The summed E-state index contributed by atoms with van der Waals surface area (Å²) in [7, 11) is 0. The summed E-state index contributed by atoms with van der Waals surface area (Å²) in [5.74, 6) is -0.473. The summed E-state index contributed by atoms with van der Waals surface area (Å²) < 4.78 is 0. The maximum atomic E-state index is 11.4. The number of carboxylic acids is 1. The van der Waals surface area contributed by atoms with Gasteiger partial charge < -0.3 is 5.11 Å². The second kappa shape index (κ2) is 21.4. The third kappa shape index (κ3) is 17.4. The van der Waals surface area contributed by atoms with Gasteiger partial charge in [-0.25, -0.2) is 0 Å². The van der Waals surface area contributed by atoms with Crippen molar-refractivity contribution in [3.63, 3.8) is 0 Å². The molecule has 0 aromatic rings. The van der Waals surface area contributed by atoms with Gasteiger partial charge >= 0.3 is 5.97 Å². The number of carboxylic acid groups (broad SMARTS) is 1. The fraction of sp³-hybridized carbons (Fsp3) is 0.605. The van der Waals surface area contributed by atoms with Crippen LogP contribution in [0.1, 0.15) is 138 Å². The summed E-state index contributed by atoms with van der Waals surface area (Å²) in [6.07, 6.45) is 38.9. The Kier molecular flexibility index (Phi) is 19.1. The van der Waals surface area contributed by atoms with Gasteiger partial charge in [-0.15, -0.1) is 0 Å². The third-order valence-corrected chi connectivity index (χ3v) is 8.07. The fourth-order valence-corrected chi connectivity index (χ4v) is 5.49. The summed E-state index contributed by atoms with van der Waals surface area (Å²) in [5.41, 5.74) is 5.72. The van der Waals surface area contributed by atoms with Gasteiger partial charge in [0.2, 0.25) is 0 Å². The standard InChI is InChI=1S/C38H60O2/c1-7-8-9-10-11-12-13-14-15-16-17-18-19-25-35(31-37(39)40)28-26-32(2)22-20-23-33(3)27-29-36-34(4)24-21-30-38(36,5)6/h11-12,14-15,20,22-23,26-27,29,35H,7-10,13,16-19,21,24-25,28,30-31H2,1-6H3,(H,39,40). The van der Waals surface area contributed by atoms with E-state index in [0.29, 0.717) is 0 Å². The first kappa shape index (κ1) is 35.7. The highest BCUT2D eigenvalue weighted by Crippen LogP contribution is 2.40. The Morgan fingerprint density at radius 1 is 0.950 bits per heavy atom. The van der Waals surface area contributed by atoms with Crippen LogP contribution in [-0.2, 0) is 4.79 Å². The molecule has 1 aliphatic carbocycles. The van der Waals surface area contributed by atoms with E-state index in [1.165, 1.54) is 80.1 Å². The van der Waals surface area contributed by atoms with Gasteiger partial charge in [-0.2, -0.15) is 0 Å². The van der Waals surface area contributed by atoms with E-state index in [-0.39, 0.29) is 17.8 Å². The summed E-state index contributed by atoms with van der Waals surface area (Å²) in [5, 5.41) is 9.38. The smallest absolute Gasteiger partial charge is 0.303 e. The second-order valence-electron chi connectivity index (χ2n) is 12.5. The van der Waals surface area contributed by atoms with Gasteiger partial charge in [0.25, 0.3) is 0 Å². The molecule has 2 heteroatoms. The summed E-state index contributed by atoms with van der Waals surface area (Å²) in [6.45, 7) is 13.5. The molecule has 1 aliphatic rings. The van der Waals surface area contributed by atoms with E-state index < -0.39 is 5.97 Å². The molecule has 0 amide bonds. The second-order valence-corrected chi connectivity index (χ2v) is 12.5. The first-order chi connectivity index (χ1) is 19.2. The van der Waals surface area contributed by atoms with Gasteiger partial charge in [-0.1, -0.05) is 124 Å². The Morgan fingerprint density at radius 3 is 2.30 bits per heavy atom. The maximum Gasteiger partial charge on any atom is 0.303 e. The lowest BCUT2D eigenvalue weighted by Gasteiger charge is -2.32. The Hall–Kier alpha value is -2.35. The third-order valence-electron chi connectivity index (χ3n) is 8.07. The lowest BCUT2D eigenvalue weighted by atomic mass is 9.72. The summed E-state index contributed by atoms with van der Waals surface area (Å²) >= 11 is 0. The Labute approximate surface area is 247 Å². The topological polar surface area (TPSA) is 37.3 Å². The molecule has 0 spiro atoms. The highest BCUT2D eigenvalue weighted by atomic mass is 16.4. The maximum absolute atomic E-state index is 11.4. The van der Waals surface area contributed by atoms with Crippen LogP contribution in [0, 0.1) is 11.3 Å². The van der Waals surface area contributed by atoms with E-state index in [1.807, 2.05) is 0 Å². The first-order valence-electron chi connectivity index (χ1n) is 16.1. The molecule has 0 heterocycles. The lowest BCUT2D eigenvalue weighted by molar-refractivity contribution is -0.138. The van der Waals surface area contributed by atoms with E-state index in [4.69, 9.17) is 0 Å². The number of aliphatic carboxylic acids is 1.